The topological polar surface area (TPSA) is 90.1 Å². The van der Waals surface area contributed by atoms with Gasteiger partial charge in [0.1, 0.15) is 17.6 Å². The Kier molecular flexibility index (Phi) is 3.74. The SMILES string of the molecule is COC(=O)c1cnc(NC(C)c2ncc(C)o2)cn1. The molecular formula is C12H14N4O3. The summed E-state index contributed by atoms with van der Waals surface area (Å²) in [6.07, 6.45) is 4.46. The van der Waals surface area contributed by atoms with Crippen LogP contribution in [0.5, 0.6) is 0 Å². The quantitative estimate of drug-likeness (QED) is 0.839. The molecule has 0 aliphatic carbocycles. The summed E-state index contributed by atoms with van der Waals surface area (Å²) < 4.78 is 9.94. The minimum atomic E-state index is -0.518. The molecule has 1 unspecified atom stereocenters. The lowest BCUT2D eigenvalue weighted by Gasteiger charge is -2.10. The van der Waals surface area contributed by atoms with Crippen molar-refractivity contribution in [3.05, 3.63) is 35.9 Å². The Bertz CT molecular complexity index is 565. The molecule has 0 fully saturated rings. The number of carbonyl (C=O) groups is 1. The van der Waals surface area contributed by atoms with Gasteiger partial charge in [0.25, 0.3) is 0 Å². The average molecular weight is 262 g/mol. The zero-order valence-corrected chi connectivity index (χ0v) is 10.9. The number of oxazole rings is 1. The first-order chi connectivity index (χ1) is 9.10. The van der Waals surface area contributed by atoms with Crippen molar-refractivity contribution < 1.29 is 13.9 Å². The van der Waals surface area contributed by atoms with E-state index in [9.17, 15) is 4.79 Å². The molecule has 2 aromatic heterocycles. The van der Waals surface area contributed by atoms with E-state index in [0.717, 1.165) is 5.76 Å². The molecule has 19 heavy (non-hydrogen) atoms. The van der Waals surface area contributed by atoms with Crippen molar-refractivity contribution in [1.29, 1.82) is 0 Å². The first kappa shape index (κ1) is 13.0. The minimum absolute atomic E-state index is 0.146. The molecule has 2 heterocycles. The zero-order chi connectivity index (χ0) is 13.8. The molecule has 2 aromatic rings. The van der Waals surface area contributed by atoms with Gasteiger partial charge in [0.15, 0.2) is 5.69 Å². The minimum Gasteiger partial charge on any atom is -0.464 e. The maximum Gasteiger partial charge on any atom is 0.358 e. The lowest BCUT2D eigenvalue weighted by atomic mass is 10.3. The van der Waals surface area contributed by atoms with Crippen LogP contribution in [0.2, 0.25) is 0 Å². The predicted molar refractivity (Wildman–Crippen MR) is 66.6 cm³/mol. The van der Waals surface area contributed by atoms with Crippen LogP contribution in [0.3, 0.4) is 0 Å². The predicted octanol–water partition coefficient (Wildman–Crippen LogP) is 1.73. The lowest BCUT2D eigenvalue weighted by molar-refractivity contribution is 0.0593. The van der Waals surface area contributed by atoms with Crippen molar-refractivity contribution in [2.75, 3.05) is 12.4 Å². The van der Waals surface area contributed by atoms with Crippen LogP contribution in [0.15, 0.2) is 23.0 Å². The fourth-order valence-corrected chi connectivity index (χ4v) is 1.47. The van der Waals surface area contributed by atoms with E-state index >= 15 is 0 Å². The standard InChI is InChI=1S/C12H14N4O3/c1-7-4-15-11(19-7)8(2)16-10-6-13-9(5-14-10)12(17)18-3/h4-6,8H,1-3H3,(H,14,16). The molecule has 0 bridgehead atoms. The summed E-state index contributed by atoms with van der Waals surface area (Å²) in [7, 11) is 1.29. The summed E-state index contributed by atoms with van der Waals surface area (Å²) in [5.41, 5.74) is 0.160. The highest BCUT2D eigenvalue weighted by atomic mass is 16.5. The van der Waals surface area contributed by atoms with Gasteiger partial charge in [-0.2, -0.15) is 0 Å². The van der Waals surface area contributed by atoms with Crippen molar-refractivity contribution in [3.63, 3.8) is 0 Å². The zero-order valence-electron chi connectivity index (χ0n) is 10.9. The van der Waals surface area contributed by atoms with Gasteiger partial charge in [-0.3, -0.25) is 0 Å². The second kappa shape index (κ2) is 5.47. The van der Waals surface area contributed by atoms with E-state index in [4.69, 9.17) is 4.42 Å². The molecule has 0 aliphatic rings. The Hall–Kier alpha value is -2.44. The highest BCUT2D eigenvalue weighted by molar-refractivity contribution is 5.86. The van der Waals surface area contributed by atoms with Gasteiger partial charge in [0, 0.05) is 0 Å². The van der Waals surface area contributed by atoms with Crippen LogP contribution < -0.4 is 5.32 Å². The first-order valence-electron chi connectivity index (χ1n) is 5.69. The normalized spacial score (nSPS) is 11.9. The summed E-state index contributed by atoms with van der Waals surface area (Å²) >= 11 is 0. The number of hydrogen-bond donors (Lipinski definition) is 1. The number of aromatic nitrogens is 3. The largest absolute Gasteiger partial charge is 0.464 e. The van der Waals surface area contributed by atoms with Crippen molar-refractivity contribution >= 4 is 11.8 Å². The summed E-state index contributed by atoms with van der Waals surface area (Å²) in [6, 6.07) is -0.146. The van der Waals surface area contributed by atoms with Crippen LogP contribution in [-0.4, -0.2) is 28.0 Å². The second-order valence-corrected chi connectivity index (χ2v) is 3.95. The maximum absolute atomic E-state index is 11.2. The van der Waals surface area contributed by atoms with Crippen LogP contribution in [0.25, 0.3) is 0 Å². The molecule has 1 N–H and O–H groups in total. The Morgan fingerprint density at radius 3 is 2.63 bits per heavy atom. The molecule has 0 amide bonds. The number of esters is 1. The van der Waals surface area contributed by atoms with Gasteiger partial charge in [-0.05, 0) is 13.8 Å². The van der Waals surface area contributed by atoms with Gasteiger partial charge >= 0.3 is 5.97 Å². The van der Waals surface area contributed by atoms with Crippen molar-refractivity contribution in [2.45, 2.75) is 19.9 Å². The number of rotatable bonds is 4. The van der Waals surface area contributed by atoms with E-state index in [1.807, 2.05) is 13.8 Å². The number of methoxy groups -OCH3 is 1. The summed E-state index contributed by atoms with van der Waals surface area (Å²) in [5.74, 6) is 1.32. The molecule has 0 radical (unpaired) electrons. The van der Waals surface area contributed by atoms with Gasteiger partial charge in [-0.1, -0.05) is 0 Å². The summed E-state index contributed by atoms with van der Waals surface area (Å²) in [6.45, 7) is 3.72. The fraction of sp³-hybridized carbons (Fsp3) is 0.333. The lowest BCUT2D eigenvalue weighted by Crippen LogP contribution is -2.10. The molecule has 100 valence electrons. The molecule has 7 nitrogen and oxygen atoms in total. The molecule has 0 saturated carbocycles. The van der Waals surface area contributed by atoms with Crippen LogP contribution in [0.4, 0.5) is 5.82 Å². The molecule has 0 spiro atoms. The van der Waals surface area contributed by atoms with E-state index in [0.29, 0.717) is 11.7 Å². The molecule has 2 rings (SSSR count). The first-order valence-corrected chi connectivity index (χ1v) is 5.69. The third-order valence-electron chi connectivity index (χ3n) is 2.42. The second-order valence-electron chi connectivity index (χ2n) is 3.95. The van der Waals surface area contributed by atoms with E-state index in [1.54, 1.807) is 6.20 Å². The number of carbonyl (C=O) groups excluding carboxylic acids is 1. The highest BCUT2D eigenvalue weighted by Crippen LogP contribution is 2.16. The third kappa shape index (κ3) is 3.06. The van der Waals surface area contributed by atoms with Crippen molar-refractivity contribution in [3.8, 4) is 0 Å². The summed E-state index contributed by atoms with van der Waals surface area (Å²) in [5, 5.41) is 3.07. The Morgan fingerprint density at radius 1 is 1.32 bits per heavy atom. The van der Waals surface area contributed by atoms with Crippen molar-refractivity contribution in [2.24, 2.45) is 0 Å². The summed E-state index contributed by atoms with van der Waals surface area (Å²) in [4.78, 5) is 23.3. The number of aryl methyl sites for hydroxylation is 1. The van der Waals surface area contributed by atoms with Crippen molar-refractivity contribution in [1.82, 2.24) is 15.0 Å². The highest BCUT2D eigenvalue weighted by Gasteiger charge is 2.13. The van der Waals surface area contributed by atoms with Crippen LogP contribution >= 0.6 is 0 Å². The average Bonchev–Trinajstić information content (AvgIpc) is 2.85. The Morgan fingerprint density at radius 2 is 2.11 bits per heavy atom. The van der Waals surface area contributed by atoms with Crippen LogP contribution in [0.1, 0.15) is 35.1 Å². The van der Waals surface area contributed by atoms with Crippen LogP contribution in [0, 0.1) is 6.92 Å². The third-order valence-corrected chi connectivity index (χ3v) is 2.42. The Labute approximate surface area is 110 Å². The van der Waals surface area contributed by atoms with E-state index < -0.39 is 5.97 Å². The van der Waals surface area contributed by atoms with Crippen LogP contribution in [-0.2, 0) is 4.74 Å². The molecule has 0 aliphatic heterocycles. The molecule has 0 saturated heterocycles. The number of hydrogen-bond acceptors (Lipinski definition) is 7. The van der Waals surface area contributed by atoms with Gasteiger partial charge < -0.3 is 14.5 Å². The Balaban J connectivity index is 2.05. The number of nitrogens with zero attached hydrogens (tertiary/aromatic N) is 3. The van der Waals surface area contributed by atoms with Gasteiger partial charge in [-0.15, -0.1) is 0 Å². The van der Waals surface area contributed by atoms with Gasteiger partial charge in [0.05, 0.1) is 25.7 Å². The number of nitrogens with one attached hydrogen (secondary N) is 1. The molecule has 1 atom stereocenters. The smallest absolute Gasteiger partial charge is 0.358 e. The maximum atomic E-state index is 11.2. The number of anilines is 1. The van der Waals surface area contributed by atoms with E-state index in [1.165, 1.54) is 19.5 Å². The van der Waals surface area contributed by atoms with E-state index in [2.05, 4.69) is 25.0 Å². The number of ether oxygens (including phenoxy) is 1. The molecule has 7 heteroatoms. The fourth-order valence-electron chi connectivity index (χ4n) is 1.47. The monoisotopic (exact) mass is 262 g/mol. The molecular weight excluding hydrogens is 248 g/mol. The molecule has 0 aromatic carbocycles. The van der Waals surface area contributed by atoms with E-state index in [-0.39, 0.29) is 11.7 Å². The van der Waals surface area contributed by atoms with Gasteiger partial charge in [-0.25, -0.2) is 19.7 Å². The van der Waals surface area contributed by atoms with Gasteiger partial charge in [0.2, 0.25) is 5.89 Å².